The van der Waals surface area contributed by atoms with Crippen LogP contribution in [0.1, 0.15) is 0 Å². The Balaban J connectivity index is 3.15. The minimum atomic E-state index is -3.98. The molecule has 0 aliphatic carbocycles. The first kappa shape index (κ1) is 14.0. The van der Waals surface area contributed by atoms with Gasteiger partial charge in [-0.1, -0.05) is 17.7 Å². The monoisotopic (exact) mass is 306 g/mol. The number of hydrogen-bond donors (Lipinski definition) is 0. The second-order valence-corrected chi connectivity index (χ2v) is 6.68. The Morgan fingerprint density at radius 3 is 2.50 bits per heavy atom. The van der Waals surface area contributed by atoms with Crippen LogP contribution in [0.25, 0.3) is 0 Å². The van der Waals surface area contributed by atoms with Crippen LogP contribution in [0.4, 0.5) is 8.78 Å². The molecular formula is C8H6Cl2F2O2S2. The lowest BCUT2D eigenvalue weighted by Crippen LogP contribution is -1.98. The van der Waals surface area contributed by atoms with Crippen LogP contribution >= 0.6 is 34.0 Å². The van der Waals surface area contributed by atoms with E-state index in [1.165, 1.54) is 18.2 Å². The summed E-state index contributed by atoms with van der Waals surface area (Å²) in [6.45, 7) is 0. The summed E-state index contributed by atoms with van der Waals surface area (Å²) in [5, 5.41) is 0.0902. The molecule has 0 saturated carbocycles. The van der Waals surface area contributed by atoms with Crippen molar-refractivity contribution in [2.45, 2.75) is 16.2 Å². The lowest BCUT2D eigenvalue weighted by molar-refractivity contribution is 0.177. The van der Waals surface area contributed by atoms with Gasteiger partial charge in [0.15, 0.2) is 0 Å². The maximum absolute atomic E-state index is 12.0. The molecule has 1 rings (SSSR count). The maximum atomic E-state index is 12.0. The maximum Gasteiger partial charge on any atom is 0.262 e. The average molecular weight is 307 g/mol. The van der Waals surface area contributed by atoms with Gasteiger partial charge in [-0.2, -0.15) is 0 Å². The zero-order valence-electron chi connectivity index (χ0n) is 7.66. The van der Waals surface area contributed by atoms with E-state index in [2.05, 4.69) is 0 Å². The molecule has 0 N–H and O–H groups in total. The SMILES string of the molecule is O=S(=O)(Cl)c1cccc(Cl)c1SCC(F)F. The Labute approximate surface area is 105 Å². The fraction of sp³-hybridized carbons (Fsp3) is 0.250. The van der Waals surface area contributed by atoms with Gasteiger partial charge in [0.1, 0.15) is 0 Å². The molecule has 0 fully saturated rings. The number of hydrogen-bond acceptors (Lipinski definition) is 3. The molecule has 0 atom stereocenters. The van der Waals surface area contributed by atoms with E-state index in [0.717, 1.165) is 0 Å². The van der Waals surface area contributed by atoms with Crippen molar-refractivity contribution in [1.29, 1.82) is 0 Å². The zero-order chi connectivity index (χ0) is 12.3. The Morgan fingerprint density at radius 1 is 1.38 bits per heavy atom. The van der Waals surface area contributed by atoms with Crippen LogP contribution in [0.3, 0.4) is 0 Å². The first-order chi connectivity index (χ1) is 7.32. The van der Waals surface area contributed by atoms with Crippen molar-refractivity contribution in [3.63, 3.8) is 0 Å². The number of rotatable bonds is 4. The second-order valence-electron chi connectivity index (χ2n) is 2.71. The number of thioether (sulfide) groups is 1. The van der Waals surface area contributed by atoms with Gasteiger partial charge in [0, 0.05) is 15.6 Å². The third kappa shape index (κ3) is 3.76. The van der Waals surface area contributed by atoms with Crippen molar-refractivity contribution in [3.05, 3.63) is 23.2 Å². The second kappa shape index (κ2) is 5.53. The highest BCUT2D eigenvalue weighted by Crippen LogP contribution is 2.35. The first-order valence-corrected chi connectivity index (χ1v) is 7.64. The van der Waals surface area contributed by atoms with E-state index in [1.54, 1.807) is 0 Å². The molecule has 0 saturated heterocycles. The molecular weight excluding hydrogens is 301 g/mol. The van der Waals surface area contributed by atoms with Crippen molar-refractivity contribution < 1.29 is 17.2 Å². The van der Waals surface area contributed by atoms with Crippen LogP contribution in [0.15, 0.2) is 28.0 Å². The number of benzene rings is 1. The largest absolute Gasteiger partial charge is 0.262 e. The predicted molar refractivity (Wildman–Crippen MR) is 61.2 cm³/mol. The van der Waals surface area contributed by atoms with E-state index < -0.39 is 21.2 Å². The molecule has 0 heterocycles. The zero-order valence-corrected chi connectivity index (χ0v) is 10.8. The standard InChI is InChI=1S/C8H6Cl2F2O2S2/c9-5-2-1-3-6(16(10,13)14)8(5)15-4-7(11)12/h1-3,7H,4H2. The van der Waals surface area contributed by atoms with Gasteiger partial charge in [-0.15, -0.1) is 11.8 Å². The summed E-state index contributed by atoms with van der Waals surface area (Å²) in [6.07, 6.45) is -2.55. The quantitative estimate of drug-likeness (QED) is 0.629. The van der Waals surface area contributed by atoms with E-state index >= 15 is 0 Å². The van der Waals surface area contributed by atoms with Crippen LogP contribution in [0.5, 0.6) is 0 Å². The summed E-state index contributed by atoms with van der Waals surface area (Å²) in [7, 11) is 1.18. The van der Waals surface area contributed by atoms with E-state index in [4.69, 9.17) is 22.3 Å². The normalized spacial score (nSPS) is 12.1. The summed E-state index contributed by atoms with van der Waals surface area (Å²) in [5.41, 5.74) is 0. The molecule has 0 aliphatic heterocycles. The van der Waals surface area contributed by atoms with Crippen LogP contribution in [0, 0.1) is 0 Å². The van der Waals surface area contributed by atoms with Crippen LogP contribution in [-0.2, 0) is 9.05 Å². The predicted octanol–water partition coefficient (Wildman–Crippen LogP) is 3.62. The minimum Gasteiger partial charge on any atom is -0.210 e. The smallest absolute Gasteiger partial charge is 0.210 e. The van der Waals surface area contributed by atoms with E-state index in [1.807, 2.05) is 0 Å². The molecule has 0 spiro atoms. The molecule has 2 nitrogen and oxygen atoms in total. The summed E-state index contributed by atoms with van der Waals surface area (Å²) in [5.74, 6) is -0.539. The molecule has 0 bridgehead atoms. The van der Waals surface area contributed by atoms with Gasteiger partial charge in [0.05, 0.1) is 15.7 Å². The van der Waals surface area contributed by atoms with E-state index in [9.17, 15) is 17.2 Å². The Hall–Kier alpha value is -0.0400. The van der Waals surface area contributed by atoms with Crippen molar-refractivity contribution in [2.75, 3.05) is 5.75 Å². The van der Waals surface area contributed by atoms with Gasteiger partial charge >= 0.3 is 0 Å². The first-order valence-electron chi connectivity index (χ1n) is 3.96. The van der Waals surface area contributed by atoms with E-state index in [0.29, 0.717) is 11.8 Å². The molecule has 0 aliphatic rings. The Morgan fingerprint density at radius 2 is 2.00 bits per heavy atom. The molecule has 0 aromatic heterocycles. The molecule has 1 aromatic carbocycles. The fourth-order valence-corrected chi connectivity index (χ4v) is 3.67. The topological polar surface area (TPSA) is 34.1 Å². The van der Waals surface area contributed by atoms with Gasteiger partial charge in [-0.25, -0.2) is 17.2 Å². The molecule has 8 heteroatoms. The summed E-state index contributed by atoms with van der Waals surface area (Å²) in [4.78, 5) is -0.188. The van der Waals surface area contributed by atoms with Gasteiger partial charge in [0.25, 0.3) is 9.05 Å². The number of halogens is 4. The Bertz CT molecular complexity index is 477. The highest BCUT2D eigenvalue weighted by molar-refractivity contribution is 8.14. The van der Waals surface area contributed by atoms with Gasteiger partial charge < -0.3 is 0 Å². The molecule has 0 unspecified atom stereocenters. The van der Waals surface area contributed by atoms with Crippen molar-refractivity contribution in [1.82, 2.24) is 0 Å². The number of alkyl halides is 2. The lowest BCUT2D eigenvalue weighted by Gasteiger charge is -2.07. The van der Waals surface area contributed by atoms with Crippen molar-refractivity contribution in [2.24, 2.45) is 0 Å². The molecule has 0 amide bonds. The molecule has 16 heavy (non-hydrogen) atoms. The summed E-state index contributed by atoms with van der Waals surface area (Å²) in [6, 6.07) is 4.03. The summed E-state index contributed by atoms with van der Waals surface area (Å²) < 4.78 is 46.4. The van der Waals surface area contributed by atoms with E-state index in [-0.39, 0.29) is 14.8 Å². The summed E-state index contributed by atoms with van der Waals surface area (Å²) >= 11 is 6.39. The third-order valence-electron chi connectivity index (χ3n) is 1.55. The average Bonchev–Trinajstić information content (AvgIpc) is 2.13. The van der Waals surface area contributed by atoms with Crippen LogP contribution in [-0.4, -0.2) is 20.6 Å². The highest BCUT2D eigenvalue weighted by Gasteiger charge is 2.19. The van der Waals surface area contributed by atoms with Gasteiger partial charge in [-0.05, 0) is 12.1 Å². The third-order valence-corrected chi connectivity index (χ3v) is 4.61. The van der Waals surface area contributed by atoms with Gasteiger partial charge in [-0.3, -0.25) is 0 Å². The lowest BCUT2D eigenvalue weighted by atomic mass is 10.4. The van der Waals surface area contributed by atoms with Crippen LogP contribution < -0.4 is 0 Å². The fourth-order valence-electron chi connectivity index (χ4n) is 0.967. The molecule has 0 radical (unpaired) electrons. The molecule has 1 aromatic rings. The van der Waals surface area contributed by atoms with Crippen molar-refractivity contribution >= 4 is 43.1 Å². The van der Waals surface area contributed by atoms with Crippen molar-refractivity contribution in [3.8, 4) is 0 Å². The molecule has 90 valence electrons. The van der Waals surface area contributed by atoms with Crippen LogP contribution in [0.2, 0.25) is 5.02 Å². The Kier molecular flexibility index (Phi) is 4.85. The minimum absolute atomic E-state index is 0.0551. The highest BCUT2D eigenvalue weighted by atomic mass is 35.7. The van der Waals surface area contributed by atoms with Gasteiger partial charge in [0.2, 0.25) is 6.43 Å².